The zero-order valence-corrected chi connectivity index (χ0v) is 13.2. The third-order valence-electron chi connectivity index (χ3n) is 4.65. The molecule has 4 rings (SSSR count). The minimum Gasteiger partial charge on any atom is -0.376 e. The van der Waals surface area contributed by atoms with Gasteiger partial charge in [-0.2, -0.15) is 0 Å². The second-order valence-corrected chi connectivity index (χ2v) is 7.27. The summed E-state index contributed by atoms with van der Waals surface area (Å²) in [6, 6.07) is 18.9. The molecule has 0 spiro atoms. The molecule has 2 aromatic carbocycles. The number of anilines is 2. The van der Waals surface area contributed by atoms with Crippen molar-refractivity contribution >= 4 is 34.6 Å². The standard InChI is InChI=1S/C17H16Cl2N2/c1-16-11-14(12-7-3-2-4-8-12)20-13-9-5-6-10-15(13)21(16)17(16,18)19/h2-10,14,20H,11H2,1H3/t14-,16-,21?/m1/s1. The summed E-state index contributed by atoms with van der Waals surface area (Å²) in [7, 11) is 0. The van der Waals surface area contributed by atoms with Crippen LogP contribution in [0, 0.1) is 0 Å². The van der Waals surface area contributed by atoms with Crippen LogP contribution < -0.4 is 10.2 Å². The van der Waals surface area contributed by atoms with Gasteiger partial charge < -0.3 is 10.2 Å². The molecule has 2 nitrogen and oxygen atoms in total. The van der Waals surface area contributed by atoms with Crippen molar-refractivity contribution < 1.29 is 0 Å². The lowest BCUT2D eigenvalue weighted by Gasteiger charge is -2.22. The monoisotopic (exact) mass is 318 g/mol. The summed E-state index contributed by atoms with van der Waals surface area (Å²) in [5, 5.41) is 3.64. The first-order valence-corrected chi connectivity index (χ1v) is 7.88. The van der Waals surface area contributed by atoms with Crippen LogP contribution >= 0.6 is 23.2 Å². The molecule has 0 saturated carbocycles. The summed E-state index contributed by atoms with van der Waals surface area (Å²) >= 11 is 13.1. The van der Waals surface area contributed by atoms with E-state index in [1.807, 2.05) is 18.2 Å². The largest absolute Gasteiger partial charge is 0.376 e. The Kier molecular flexibility index (Phi) is 2.73. The molecule has 1 saturated heterocycles. The highest BCUT2D eigenvalue weighted by Gasteiger charge is 2.72. The van der Waals surface area contributed by atoms with E-state index in [-0.39, 0.29) is 11.6 Å². The lowest BCUT2D eigenvalue weighted by molar-refractivity contribution is 0.571. The number of rotatable bonds is 1. The van der Waals surface area contributed by atoms with Gasteiger partial charge in [0.2, 0.25) is 4.46 Å². The van der Waals surface area contributed by atoms with Gasteiger partial charge in [-0.05, 0) is 31.0 Å². The van der Waals surface area contributed by atoms with Crippen LogP contribution in [0.25, 0.3) is 0 Å². The van der Waals surface area contributed by atoms with Crippen LogP contribution in [0.15, 0.2) is 54.6 Å². The van der Waals surface area contributed by atoms with Crippen molar-refractivity contribution in [2.75, 3.05) is 10.2 Å². The molecule has 108 valence electrons. The van der Waals surface area contributed by atoms with Gasteiger partial charge >= 0.3 is 0 Å². The van der Waals surface area contributed by atoms with Crippen LogP contribution in [-0.2, 0) is 0 Å². The zero-order chi connectivity index (χ0) is 14.7. The van der Waals surface area contributed by atoms with E-state index < -0.39 is 4.46 Å². The van der Waals surface area contributed by atoms with Crippen molar-refractivity contribution in [2.45, 2.75) is 29.4 Å². The fourth-order valence-corrected chi connectivity index (χ4v) is 4.18. The highest BCUT2D eigenvalue weighted by Crippen LogP contribution is 2.65. The maximum atomic E-state index is 6.57. The molecule has 21 heavy (non-hydrogen) atoms. The Hall–Kier alpha value is -1.38. The van der Waals surface area contributed by atoms with E-state index in [0.717, 1.165) is 17.8 Å². The molecule has 0 aromatic heterocycles. The van der Waals surface area contributed by atoms with Crippen molar-refractivity contribution in [3.63, 3.8) is 0 Å². The molecular weight excluding hydrogens is 303 g/mol. The van der Waals surface area contributed by atoms with Gasteiger partial charge in [0.05, 0.1) is 23.0 Å². The highest BCUT2D eigenvalue weighted by molar-refractivity contribution is 6.54. The van der Waals surface area contributed by atoms with Crippen molar-refractivity contribution in [3.05, 3.63) is 60.2 Å². The Labute approximate surface area is 134 Å². The Morgan fingerprint density at radius 2 is 1.71 bits per heavy atom. The molecule has 2 atom stereocenters. The Balaban J connectivity index is 1.82. The molecule has 2 aliphatic rings. The number of hydrogen-bond donors (Lipinski definition) is 1. The SMILES string of the molecule is C[C@]12C[C@H](c3ccccc3)Nc3ccccc3N1C2(Cl)Cl. The molecule has 0 bridgehead atoms. The van der Waals surface area contributed by atoms with Gasteiger partial charge in [0, 0.05) is 0 Å². The van der Waals surface area contributed by atoms with Gasteiger partial charge in [-0.15, -0.1) is 0 Å². The van der Waals surface area contributed by atoms with Crippen LogP contribution in [0.2, 0.25) is 0 Å². The first-order chi connectivity index (χ1) is 10.0. The summed E-state index contributed by atoms with van der Waals surface area (Å²) in [4.78, 5) is 2.11. The molecule has 0 radical (unpaired) electrons. The molecule has 0 amide bonds. The van der Waals surface area contributed by atoms with E-state index in [9.17, 15) is 0 Å². The Bertz CT molecular complexity index is 686. The minimum absolute atomic E-state index is 0.196. The van der Waals surface area contributed by atoms with E-state index in [1.54, 1.807) is 0 Å². The topological polar surface area (TPSA) is 15.0 Å². The number of benzene rings is 2. The second kappa shape index (κ2) is 4.31. The van der Waals surface area contributed by atoms with Gasteiger partial charge in [0.15, 0.2) is 0 Å². The summed E-state index contributed by atoms with van der Waals surface area (Å²) in [5.74, 6) is 0. The minimum atomic E-state index is -0.835. The average molecular weight is 319 g/mol. The summed E-state index contributed by atoms with van der Waals surface area (Å²) in [5.41, 5.74) is 3.16. The Morgan fingerprint density at radius 3 is 2.48 bits per heavy atom. The van der Waals surface area contributed by atoms with Crippen molar-refractivity contribution in [3.8, 4) is 0 Å². The smallest absolute Gasteiger partial charge is 0.214 e. The number of nitrogens with zero attached hydrogens (tertiary/aromatic N) is 1. The normalized spacial score (nSPS) is 28.9. The fraction of sp³-hybridized carbons (Fsp3) is 0.294. The van der Waals surface area contributed by atoms with Gasteiger partial charge in [0.1, 0.15) is 0 Å². The van der Waals surface area contributed by atoms with E-state index >= 15 is 0 Å². The number of alkyl halides is 2. The van der Waals surface area contributed by atoms with Crippen LogP contribution in [0.1, 0.15) is 24.9 Å². The van der Waals surface area contributed by atoms with Gasteiger partial charge in [-0.25, -0.2) is 0 Å². The molecule has 1 fully saturated rings. The van der Waals surface area contributed by atoms with Crippen LogP contribution in [0.5, 0.6) is 0 Å². The first-order valence-electron chi connectivity index (χ1n) is 7.13. The fourth-order valence-electron chi connectivity index (χ4n) is 3.39. The van der Waals surface area contributed by atoms with Crippen LogP contribution in [-0.4, -0.2) is 10.00 Å². The van der Waals surface area contributed by atoms with E-state index in [1.165, 1.54) is 5.56 Å². The molecular formula is C17H16Cl2N2. The van der Waals surface area contributed by atoms with E-state index in [4.69, 9.17) is 23.2 Å². The predicted molar refractivity (Wildman–Crippen MR) is 89.2 cm³/mol. The summed E-state index contributed by atoms with van der Waals surface area (Å²) in [6.07, 6.45) is 0.860. The van der Waals surface area contributed by atoms with Crippen LogP contribution in [0.3, 0.4) is 0 Å². The van der Waals surface area contributed by atoms with Crippen molar-refractivity contribution in [1.82, 2.24) is 0 Å². The molecule has 2 heterocycles. The third-order valence-corrected chi connectivity index (χ3v) is 5.80. The van der Waals surface area contributed by atoms with Crippen molar-refractivity contribution in [1.29, 1.82) is 0 Å². The number of para-hydroxylation sites is 2. The van der Waals surface area contributed by atoms with Gasteiger partial charge in [-0.3, -0.25) is 0 Å². The molecule has 1 N–H and O–H groups in total. The predicted octanol–water partition coefficient (Wildman–Crippen LogP) is 4.95. The maximum Gasteiger partial charge on any atom is 0.214 e. The molecule has 0 unspecified atom stereocenters. The number of fused-ring (bicyclic) bond motifs is 3. The van der Waals surface area contributed by atoms with E-state index in [2.05, 4.69) is 53.5 Å². The highest BCUT2D eigenvalue weighted by atomic mass is 35.5. The quantitative estimate of drug-likeness (QED) is 0.454. The molecule has 0 aliphatic carbocycles. The lowest BCUT2D eigenvalue weighted by atomic mass is 9.95. The maximum absolute atomic E-state index is 6.57. The van der Waals surface area contributed by atoms with Crippen LogP contribution in [0.4, 0.5) is 11.4 Å². The van der Waals surface area contributed by atoms with Crippen molar-refractivity contribution in [2.24, 2.45) is 0 Å². The zero-order valence-electron chi connectivity index (χ0n) is 11.7. The number of hydrogen-bond acceptors (Lipinski definition) is 2. The summed E-state index contributed by atoms with van der Waals surface area (Å²) < 4.78 is -0.835. The third kappa shape index (κ3) is 1.79. The first kappa shape index (κ1) is 13.3. The number of halogens is 2. The van der Waals surface area contributed by atoms with Gasteiger partial charge in [0.25, 0.3) is 0 Å². The Morgan fingerprint density at radius 1 is 1.05 bits per heavy atom. The summed E-state index contributed by atoms with van der Waals surface area (Å²) in [6.45, 7) is 2.13. The second-order valence-electron chi connectivity index (χ2n) is 5.98. The molecule has 2 aromatic rings. The van der Waals surface area contributed by atoms with Gasteiger partial charge in [-0.1, -0.05) is 65.7 Å². The number of nitrogens with one attached hydrogen (secondary N) is 1. The average Bonchev–Trinajstić information content (AvgIpc) is 2.98. The molecule has 4 heteroatoms. The van der Waals surface area contributed by atoms with E-state index in [0.29, 0.717) is 0 Å². The lowest BCUT2D eigenvalue weighted by Crippen LogP contribution is -2.21. The molecule has 2 aliphatic heterocycles.